The first kappa shape index (κ1) is 15.2. The quantitative estimate of drug-likeness (QED) is 0.694. The Labute approximate surface area is 115 Å². The van der Waals surface area contributed by atoms with Gasteiger partial charge in [-0.3, -0.25) is 0 Å². The Hall–Kier alpha value is -0.210. The monoisotopic (exact) mass is 291 g/mol. The minimum Gasteiger partial charge on any atom is -0.376 e. The van der Waals surface area contributed by atoms with Crippen LogP contribution < -0.4 is 10.5 Å². The Bertz CT molecular complexity index is 395. The molecule has 0 amide bonds. The number of ether oxygens (including phenoxy) is 1. The predicted octanol–water partition coefficient (Wildman–Crippen LogP) is 0.0574. The highest BCUT2D eigenvalue weighted by Crippen LogP contribution is 2.38. The number of nitrogens with zero attached hydrogens (tertiary/aromatic N) is 1. The molecule has 0 spiro atoms. The summed E-state index contributed by atoms with van der Waals surface area (Å²) in [5, 5.41) is 0. The molecule has 0 aromatic carbocycles. The van der Waals surface area contributed by atoms with Gasteiger partial charge in [-0.1, -0.05) is 13.8 Å². The van der Waals surface area contributed by atoms with Crippen LogP contribution >= 0.6 is 0 Å². The third-order valence-corrected chi connectivity index (χ3v) is 5.63. The minimum atomic E-state index is -3.45. The fraction of sp³-hybridized carbons (Fsp3) is 1.00. The maximum atomic E-state index is 12.4. The average molecular weight is 291 g/mol. The maximum Gasteiger partial charge on any atom is 0.279 e. The van der Waals surface area contributed by atoms with Crippen LogP contribution in [0.4, 0.5) is 0 Å². The van der Waals surface area contributed by atoms with Gasteiger partial charge in [-0.05, 0) is 19.3 Å². The molecule has 1 saturated heterocycles. The first-order valence-corrected chi connectivity index (χ1v) is 8.59. The zero-order valence-electron chi connectivity index (χ0n) is 11.7. The molecule has 3 N–H and O–H groups in total. The van der Waals surface area contributed by atoms with Crippen molar-refractivity contribution in [1.29, 1.82) is 0 Å². The molecule has 1 aliphatic heterocycles. The highest BCUT2D eigenvalue weighted by Gasteiger charge is 2.53. The van der Waals surface area contributed by atoms with Gasteiger partial charge in [-0.15, -0.1) is 0 Å². The molecule has 1 aliphatic carbocycles. The smallest absolute Gasteiger partial charge is 0.279 e. The Morgan fingerprint density at radius 1 is 1.32 bits per heavy atom. The normalized spacial score (nSPS) is 34.3. The molecule has 1 saturated carbocycles. The van der Waals surface area contributed by atoms with E-state index in [1.165, 1.54) is 4.31 Å². The van der Waals surface area contributed by atoms with E-state index in [0.29, 0.717) is 25.6 Å². The zero-order valence-corrected chi connectivity index (χ0v) is 12.5. The molecular formula is C12H25N3O3S. The Morgan fingerprint density at radius 2 is 1.95 bits per heavy atom. The Balaban J connectivity index is 1.99. The molecule has 4 atom stereocenters. The van der Waals surface area contributed by atoms with Crippen molar-refractivity contribution >= 4 is 10.2 Å². The van der Waals surface area contributed by atoms with Crippen LogP contribution in [-0.2, 0) is 14.9 Å². The van der Waals surface area contributed by atoms with Crippen molar-refractivity contribution in [3.8, 4) is 0 Å². The summed E-state index contributed by atoms with van der Waals surface area (Å²) in [6.07, 6.45) is 2.52. The second-order valence-electron chi connectivity index (χ2n) is 5.41. The first-order valence-electron chi connectivity index (χ1n) is 7.15. The molecule has 7 heteroatoms. The van der Waals surface area contributed by atoms with E-state index in [1.807, 2.05) is 13.8 Å². The summed E-state index contributed by atoms with van der Waals surface area (Å²) in [5.41, 5.74) is 6.04. The Kier molecular flexibility index (Phi) is 4.84. The molecule has 4 unspecified atom stereocenters. The molecule has 6 nitrogen and oxygen atoms in total. The molecular weight excluding hydrogens is 266 g/mol. The lowest BCUT2D eigenvalue weighted by Gasteiger charge is -2.45. The fourth-order valence-electron chi connectivity index (χ4n) is 2.99. The van der Waals surface area contributed by atoms with Crippen molar-refractivity contribution in [2.45, 2.75) is 51.3 Å². The van der Waals surface area contributed by atoms with E-state index in [4.69, 9.17) is 10.5 Å². The molecule has 2 rings (SSSR count). The molecule has 2 fully saturated rings. The van der Waals surface area contributed by atoms with Crippen LogP contribution in [0.15, 0.2) is 0 Å². The number of rotatable bonds is 7. The van der Waals surface area contributed by atoms with Crippen molar-refractivity contribution < 1.29 is 13.2 Å². The maximum absolute atomic E-state index is 12.4. The van der Waals surface area contributed by atoms with Crippen LogP contribution in [0.5, 0.6) is 0 Å². The summed E-state index contributed by atoms with van der Waals surface area (Å²) >= 11 is 0. The fourth-order valence-corrected chi connectivity index (χ4v) is 4.62. The lowest BCUT2D eigenvalue weighted by atomic mass is 9.73. The van der Waals surface area contributed by atoms with Crippen LogP contribution in [0, 0.1) is 5.92 Å². The van der Waals surface area contributed by atoms with Crippen molar-refractivity contribution in [2.24, 2.45) is 11.7 Å². The third kappa shape index (κ3) is 2.95. The second-order valence-corrected chi connectivity index (χ2v) is 7.12. The Morgan fingerprint density at radius 3 is 2.53 bits per heavy atom. The number of hydrogen-bond donors (Lipinski definition) is 2. The molecule has 0 aromatic heterocycles. The van der Waals surface area contributed by atoms with Gasteiger partial charge < -0.3 is 10.5 Å². The lowest BCUT2D eigenvalue weighted by molar-refractivity contribution is -0.00982. The van der Waals surface area contributed by atoms with E-state index in [0.717, 1.165) is 19.3 Å². The van der Waals surface area contributed by atoms with Crippen LogP contribution in [0.3, 0.4) is 0 Å². The van der Waals surface area contributed by atoms with Crippen LogP contribution in [0.1, 0.15) is 33.1 Å². The minimum absolute atomic E-state index is 0.0325. The second kappa shape index (κ2) is 6.05. The number of nitrogens with one attached hydrogen (secondary N) is 1. The van der Waals surface area contributed by atoms with E-state index in [-0.39, 0.29) is 18.2 Å². The molecule has 2 aliphatic rings. The van der Waals surface area contributed by atoms with Gasteiger partial charge in [0.2, 0.25) is 0 Å². The highest BCUT2D eigenvalue weighted by molar-refractivity contribution is 7.87. The summed E-state index contributed by atoms with van der Waals surface area (Å²) in [4.78, 5) is 0. The van der Waals surface area contributed by atoms with Crippen LogP contribution in [0.2, 0.25) is 0 Å². The summed E-state index contributed by atoms with van der Waals surface area (Å²) in [5.74, 6) is 0.318. The molecule has 0 aromatic rings. The number of fused-ring (bicyclic) bond motifs is 1. The van der Waals surface area contributed by atoms with Gasteiger partial charge >= 0.3 is 0 Å². The van der Waals surface area contributed by atoms with Crippen molar-refractivity contribution in [3.63, 3.8) is 0 Å². The lowest BCUT2D eigenvalue weighted by Crippen LogP contribution is -2.69. The van der Waals surface area contributed by atoms with E-state index in [1.54, 1.807) is 0 Å². The summed E-state index contributed by atoms with van der Waals surface area (Å²) in [6.45, 7) is 5.72. The van der Waals surface area contributed by atoms with Gasteiger partial charge in [-0.25, -0.2) is 0 Å². The average Bonchev–Trinajstić information content (AvgIpc) is 2.80. The summed E-state index contributed by atoms with van der Waals surface area (Å²) in [6, 6.07) is -0.388. The number of hydrogen-bond acceptors (Lipinski definition) is 4. The summed E-state index contributed by atoms with van der Waals surface area (Å²) in [7, 11) is -3.45. The SMILES string of the molecule is CCCN(CCC)S(=O)(=O)NC1C(N)C2CCOC21. The third-order valence-electron chi connectivity index (χ3n) is 4.02. The highest BCUT2D eigenvalue weighted by atomic mass is 32.2. The molecule has 0 radical (unpaired) electrons. The predicted molar refractivity (Wildman–Crippen MR) is 73.8 cm³/mol. The largest absolute Gasteiger partial charge is 0.376 e. The number of nitrogens with two attached hydrogens (primary N) is 1. The van der Waals surface area contributed by atoms with E-state index < -0.39 is 10.2 Å². The molecule has 1 heterocycles. The van der Waals surface area contributed by atoms with E-state index >= 15 is 0 Å². The van der Waals surface area contributed by atoms with Crippen LogP contribution in [-0.4, -0.2) is 50.6 Å². The van der Waals surface area contributed by atoms with Gasteiger partial charge in [0, 0.05) is 31.7 Å². The standard InChI is InChI=1S/C12H25N3O3S/c1-3-6-15(7-4-2)19(16,17)14-11-10(13)9-5-8-18-12(9)11/h9-12,14H,3-8,13H2,1-2H3. The van der Waals surface area contributed by atoms with Crippen molar-refractivity contribution in [3.05, 3.63) is 0 Å². The molecule has 19 heavy (non-hydrogen) atoms. The molecule has 0 bridgehead atoms. The molecule has 112 valence electrons. The van der Waals surface area contributed by atoms with E-state index in [2.05, 4.69) is 4.72 Å². The van der Waals surface area contributed by atoms with Crippen molar-refractivity contribution in [2.75, 3.05) is 19.7 Å². The van der Waals surface area contributed by atoms with Crippen LogP contribution in [0.25, 0.3) is 0 Å². The van der Waals surface area contributed by atoms with Gasteiger partial charge in [0.25, 0.3) is 10.2 Å². The topological polar surface area (TPSA) is 84.7 Å². The zero-order chi connectivity index (χ0) is 14.0. The van der Waals surface area contributed by atoms with Crippen molar-refractivity contribution in [1.82, 2.24) is 9.03 Å². The van der Waals surface area contributed by atoms with E-state index in [9.17, 15) is 8.42 Å². The summed E-state index contributed by atoms with van der Waals surface area (Å²) < 4.78 is 34.5. The first-order chi connectivity index (χ1) is 9.01. The van der Waals surface area contributed by atoms with Gasteiger partial charge in [0.05, 0.1) is 12.1 Å². The van der Waals surface area contributed by atoms with Gasteiger partial charge in [-0.2, -0.15) is 17.4 Å². The van der Waals surface area contributed by atoms with Gasteiger partial charge in [0.1, 0.15) is 0 Å². The van der Waals surface area contributed by atoms with Gasteiger partial charge in [0.15, 0.2) is 0 Å².